The smallest absolute Gasteiger partial charge is 0.410 e. The first-order valence-electron chi connectivity index (χ1n) is 6.05. The molecule has 19 heavy (non-hydrogen) atoms. The van der Waals surface area contributed by atoms with Gasteiger partial charge in [0.2, 0.25) is 0 Å². The fraction of sp³-hybridized carbons (Fsp3) is 0.833. The zero-order valence-electron chi connectivity index (χ0n) is 11.2. The van der Waals surface area contributed by atoms with Gasteiger partial charge in [-0.15, -0.1) is 0 Å². The molecule has 0 saturated carbocycles. The van der Waals surface area contributed by atoms with Crippen LogP contribution in [0.3, 0.4) is 0 Å². The maximum Gasteiger partial charge on any atom is 0.410 e. The summed E-state index contributed by atoms with van der Waals surface area (Å²) in [6, 6.07) is 0. The number of alkyl halides is 3. The van der Waals surface area contributed by atoms with E-state index in [1.807, 2.05) is 0 Å². The van der Waals surface area contributed by atoms with Crippen LogP contribution in [0.1, 0.15) is 33.6 Å². The molecule has 1 fully saturated rings. The summed E-state index contributed by atoms with van der Waals surface area (Å²) in [5.74, 6) is -1.63. The lowest BCUT2D eigenvalue weighted by molar-refractivity contribution is -0.156. The van der Waals surface area contributed by atoms with Crippen molar-refractivity contribution in [1.82, 2.24) is 4.90 Å². The van der Waals surface area contributed by atoms with Gasteiger partial charge in [-0.2, -0.15) is 13.2 Å². The summed E-state index contributed by atoms with van der Waals surface area (Å²) >= 11 is 0. The monoisotopic (exact) mass is 281 g/mol. The van der Waals surface area contributed by atoms with Crippen LogP contribution in [0.25, 0.3) is 0 Å². The number of amides is 1. The van der Waals surface area contributed by atoms with Crippen molar-refractivity contribution in [3.63, 3.8) is 0 Å². The molecular formula is C12H18F3NO3. The molecule has 0 aromatic carbocycles. The summed E-state index contributed by atoms with van der Waals surface area (Å²) in [6.45, 7) is 4.91. The Kier molecular flexibility index (Phi) is 4.47. The van der Waals surface area contributed by atoms with Crippen LogP contribution in [0, 0.1) is 5.92 Å². The Hall–Kier alpha value is -1.27. The average molecular weight is 281 g/mol. The van der Waals surface area contributed by atoms with Crippen LogP contribution in [0.5, 0.6) is 0 Å². The Morgan fingerprint density at radius 2 is 1.95 bits per heavy atom. The highest BCUT2D eigenvalue weighted by atomic mass is 19.4. The molecule has 1 aliphatic rings. The second-order valence-corrected chi connectivity index (χ2v) is 5.66. The fourth-order valence-corrected chi connectivity index (χ4v) is 1.86. The first-order valence-corrected chi connectivity index (χ1v) is 6.05. The molecule has 110 valence electrons. The second kappa shape index (κ2) is 5.38. The van der Waals surface area contributed by atoms with Gasteiger partial charge in [0.05, 0.1) is 6.42 Å². The number of carbonyl (C=O) groups excluding carboxylic acids is 2. The van der Waals surface area contributed by atoms with Crippen molar-refractivity contribution in [3.8, 4) is 0 Å². The Morgan fingerprint density at radius 3 is 2.42 bits per heavy atom. The SMILES string of the molecule is CC(C)(C)OC(=O)N1CCC(=O)C(CC(F)(F)F)C1. The molecule has 1 atom stereocenters. The molecular weight excluding hydrogens is 263 g/mol. The molecule has 0 spiro atoms. The molecule has 0 N–H and O–H groups in total. The molecule has 4 nitrogen and oxygen atoms in total. The van der Waals surface area contributed by atoms with E-state index in [0.717, 1.165) is 0 Å². The molecule has 0 bridgehead atoms. The predicted octanol–water partition coefficient (Wildman–Crippen LogP) is 2.76. The van der Waals surface area contributed by atoms with Crippen molar-refractivity contribution in [2.45, 2.75) is 45.4 Å². The molecule has 1 aliphatic heterocycles. The standard InChI is InChI=1S/C12H18F3NO3/c1-11(2,3)19-10(18)16-5-4-9(17)8(7-16)6-12(13,14)15/h8H,4-7H2,1-3H3. The van der Waals surface area contributed by atoms with Crippen LogP contribution >= 0.6 is 0 Å². The zero-order valence-corrected chi connectivity index (χ0v) is 11.2. The van der Waals surface area contributed by atoms with Gasteiger partial charge < -0.3 is 9.64 Å². The molecule has 1 saturated heterocycles. The number of ether oxygens (including phenoxy) is 1. The minimum absolute atomic E-state index is 0.0556. The van der Waals surface area contributed by atoms with E-state index in [1.54, 1.807) is 20.8 Å². The quantitative estimate of drug-likeness (QED) is 0.742. The molecule has 0 aliphatic carbocycles. The molecule has 0 radical (unpaired) electrons. The molecule has 1 unspecified atom stereocenters. The topological polar surface area (TPSA) is 46.6 Å². The van der Waals surface area contributed by atoms with Crippen molar-refractivity contribution in [1.29, 1.82) is 0 Å². The van der Waals surface area contributed by atoms with Gasteiger partial charge in [0, 0.05) is 25.4 Å². The van der Waals surface area contributed by atoms with E-state index in [9.17, 15) is 22.8 Å². The van der Waals surface area contributed by atoms with E-state index in [-0.39, 0.29) is 19.5 Å². The minimum Gasteiger partial charge on any atom is -0.444 e. The first-order chi connectivity index (χ1) is 8.48. The van der Waals surface area contributed by atoms with Gasteiger partial charge in [0.1, 0.15) is 11.4 Å². The summed E-state index contributed by atoms with van der Waals surface area (Å²) in [4.78, 5) is 24.4. The second-order valence-electron chi connectivity index (χ2n) is 5.66. The number of nitrogens with zero attached hydrogens (tertiary/aromatic N) is 1. The van der Waals surface area contributed by atoms with Crippen molar-refractivity contribution < 1.29 is 27.5 Å². The number of carbonyl (C=O) groups is 2. The minimum atomic E-state index is -4.41. The summed E-state index contributed by atoms with van der Waals surface area (Å²) in [5, 5.41) is 0. The molecule has 0 aromatic heterocycles. The van der Waals surface area contributed by atoms with E-state index < -0.39 is 36.0 Å². The third kappa shape index (κ3) is 5.48. The molecule has 1 heterocycles. The van der Waals surface area contributed by atoms with E-state index in [1.165, 1.54) is 4.90 Å². The Labute approximate surface area is 109 Å². The van der Waals surface area contributed by atoms with Crippen molar-refractivity contribution >= 4 is 11.9 Å². The van der Waals surface area contributed by atoms with Gasteiger partial charge in [-0.1, -0.05) is 0 Å². The molecule has 0 aromatic rings. The van der Waals surface area contributed by atoms with Crippen LogP contribution < -0.4 is 0 Å². The first kappa shape index (κ1) is 15.8. The van der Waals surface area contributed by atoms with E-state index in [0.29, 0.717) is 0 Å². The maximum absolute atomic E-state index is 12.3. The van der Waals surface area contributed by atoms with Gasteiger partial charge in [-0.3, -0.25) is 4.79 Å². The highest BCUT2D eigenvalue weighted by Crippen LogP contribution is 2.29. The lowest BCUT2D eigenvalue weighted by Gasteiger charge is -2.33. The van der Waals surface area contributed by atoms with Crippen LogP contribution in [0.2, 0.25) is 0 Å². The van der Waals surface area contributed by atoms with Gasteiger partial charge >= 0.3 is 12.3 Å². The van der Waals surface area contributed by atoms with Crippen molar-refractivity contribution in [2.24, 2.45) is 5.92 Å². The fourth-order valence-electron chi connectivity index (χ4n) is 1.86. The number of hydrogen-bond acceptors (Lipinski definition) is 3. The average Bonchev–Trinajstić information content (AvgIpc) is 2.16. The van der Waals surface area contributed by atoms with Gasteiger partial charge in [-0.25, -0.2) is 4.79 Å². The number of hydrogen-bond donors (Lipinski definition) is 0. The molecule has 1 rings (SSSR count). The molecule has 1 amide bonds. The summed E-state index contributed by atoms with van der Waals surface area (Å²) in [6.07, 6.45) is -6.32. The summed E-state index contributed by atoms with van der Waals surface area (Å²) < 4.78 is 42.1. The maximum atomic E-state index is 12.3. The van der Waals surface area contributed by atoms with Crippen LogP contribution in [0.4, 0.5) is 18.0 Å². The summed E-state index contributed by atoms with van der Waals surface area (Å²) in [5.41, 5.74) is -0.710. The summed E-state index contributed by atoms with van der Waals surface area (Å²) in [7, 11) is 0. The van der Waals surface area contributed by atoms with Crippen LogP contribution in [0.15, 0.2) is 0 Å². The van der Waals surface area contributed by atoms with Crippen molar-refractivity contribution in [2.75, 3.05) is 13.1 Å². The Balaban J connectivity index is 2.64. The van der Waals surface area contributed by atoms with E-state index in [2.05, 4.69) is 0 Å². The number of ketones is 1. The number of halogens is 3. The highest BCUT2D eigenvalue weighted by Gasteiger charge is 2.39. The van der Waals surface area contributed by atoms with Gasteiger partial charge in [0.15, 0.2) is 0 Å². The Bertz CT molecular complexity index is 360. The van der Waals surface area contributed by atoms with Gasteiger partial charge in [0.25, 0.3) is 0 Å². The normalized spacial score (nSPS) is 21.5. The zero-order chi connectivity index (χ0) is 14.8. The number of rotatable bonds is 1. The van der Waals surface area contributed by atoms with Crippen LogP contribution in [-0.4, -0.2) is 41.6 Å². The van der Waals surface area contributed by atoms with E-state index >= 15 is 0 Å². The van der Waals surface area contributed by atoms with Gasteiger partial charge in [-0.05, 0) is 20.8 Å². The third-order valence-electron chi connectivity index (χ3n) is 2.65. The number of Topliss-reactive ketones (excluding diaryl/α,β-unsaturated/α-hetero) is 1. The highest BCUT2D eigenvalue weighted by molar-refractivity contribution is 5.84. The number of piperidine rings is 1. The largest absolute Gasteiger partial charge is 0.444 e. The van der Waals surface area contributed by atoms with Crippen LogP contribution in [-0.2, 0) is 9.53 Å². The third-order valence-corrected chi connectivity index (χ3v) is 2.65. The van der Waals surface area contributed by atoms with E-state index in [4.69, 9.17) is 4.74 Å². The Morgan fingerprint density at radius 1 is 1.37 bits per heavy atom. The number of likely N-dealkylation sites (tertiary alicyclic amines) is 1. The van der Waals surface area contributed by atoms with Crippen molar-refractivity contribution in [3.05, 3.63) is 0 Å². The lowest BCUT2D eigenvalue weighted by Crippen LogP contribution is -2.47. The lowest BCUT2D eigenvalue weighted by atomic mass is 9.93. The predicted molar refractivity (Wildman–Crippen MR) is 61.6 cm³/mol. The molecule has 7 heteroatoms.